The van der Waals surface area contributed by atoms with Crippen molar-refractivity contribution in [1.29, 1.82) is 0 Å². The van der Waals surface area contributed by atoms with Crippen LogP contribution in [0, 0.1) is 0 Å². The van der Waals surface area contributed by atoms with Crippen LogP contribution in [0.5, 0.6) is 0 Å². The molecule has 6 heavy (non-hydrogen) atoms. The molecule has 0 saturated carbocycles. The quantitative estimate of drug-likeness (QED) is 0.360. The second-order valence-electron chi connectivity index (χ2n) is 1.42. The van der Waals surface area contributed by atoms with Gasteiger partial charge >= 0.3 is 0 Å². The first-order valence-corrected chi connectivity index (χ1v) is 3.62. The standard InChI is InChI=1S/C3H7NOP/c1-6(5)4-2-3-4/h2-3H2,1H3. The molecule has 1 saturated heterocycles. The molecule has 0 aliphatic carbocycles. The highest BCUT2D eigenvalue weighted by Gasteiger charge is 2.20. The van der Waals surface area contributed by atoms with Gasteiger partial charge in [0.05, 0.1) is 0 Å². The Balaban J connectivity index is 2.31. The van der Waals surface area contributed by atoms with Gasteiger partial charge in [0, 0.05) is 19.8 Å². The minimum absolute atomic E-state index is 0.965. The van der Waals surface area contributed by atoms with E-state index in [2.05, 4.69) is 0 Å². The molecule has 1 aliphatic heterocycles. The fourth-order valence-electron chi connectivity index (χ4n) is 0.326. The molecular weight excluding hydrogens is 97.0 g/mol. The van der Waals surface area contributed by atoms with Gasteiger partial charge in [0.25, 0.3) is 0 Å². The van der Waals surface area contributed by atoms with Gasteiger partial charge in [-0.2, -0.15) is 0 Å². The smallest absolute Gasteiger partial charge is 0.145 e. The second-order valence-corrected chi connectivity index (χ2v) is 2.91. The highest BCUT2D eigenvalue weighted by Crippen LogP contribution is 2.28. The third-order valence-corrected chi connectivity index (χ3v) is 2.02. The topological polar surface area (TPSA) is 20.1 Å². The minimum atomic E-state index is -0.965. The van der Waals surface area contributed by atoms with E-state index in [9.17, 15) is 4.57 Å². The Labute approximate surface area is 38.0 Å². The fourth-order valence-corrected chi connectivity index (χ4v) is 0.979. The van der Waals surface area contributed by atoms with Crippen molar-refractivity contribution < 1.29 is 4.57 Å². The van der Waals surface area contributed by atoms with Gasteiger partial charge in [-0.3, -0.25) is 4.57 Å². The van der Waals surface area contributed by atoms with Crippen molar-refractivity contribution in [2.75, 3.05) is 19.8 Å². The second kappa shape index (κ2) is 1.28. The number of nitrogens with zero attached hydrogens (tertiary/aromatic N) is 1. The van der Waals surface area contributed by atoms with E-state index >= 15 is 0 Å². The largest absolute Gasteiger partial charge is 0.270 e. The monoisotopic (exact) mass is 104 g/mol. The highest BCUT2D eigenvalue weighted by atomic mass is 31.1. The van der Waals surface area contributed by atoms with Crippen LogP contribution < -0.4 is 0 Å². The summed E-state index contributed by atoms with van der Waals surface area (Å²) in [5.41, 5.74) is 0. The Bertz CT molecular complexity index is 78.9. The highest BCUT2D eigenvalue weighted by molar-refractivity contribution is 7.41. The zero-order chi connectivity index (χ0) is 4.57. The summed E-state index contributed by atoms with van der Waals surface area (Å²) in [4.78, 5) is 0. The molecule has 0 N–H and O–H groups in total. The lowest BCUT2D eigenvalue weighted by Crippen LogP contribution is -1.73. The molecule has 35 valence electrons. The lowest BCUT2D eigenvalue weighted by molar-refractivity contribution is 0.571. The van der Waals surface area contributed by atoms with E-state index < -0.39 is 7.95 Å². The van der Waals surface area contributed by atoms with Gasteiger partial charge in [-0.15, -0.1) is 0 Å². The molecule has 2 nitrogen and oxygen atoms in total. The fraction of sp³-hybridized carbons (Fsp3) is 1.00. The molecule has 1 rings (SSSR count). The summed E-state index contributed by atoms with van der Waals surface area (Å²) < 4.78 is 12.2. The summed E-state index contributed by atoms with van der Waals surface area (Å²) in [6.07, 6.45) is 0. The van der Waals surface area contributed by atoms with Crippen molar-refractivity contribution in [3.8, 4) is 0 Å². The van der Waals surface area contributed by atoms with E-state index in [-0.39, 0.29) is 0 Å². The molecule has 0 amide bonds. The van der Waals surface area contributed by atoms with Gasteiger partial charge in [0.15, 0.2) is 0 Å². The third kappa shape index (κ3) is 0.763. The van der Waals surface area contributed by atoms with Crippen molar-refractivity contribution >= 4 is 7.95 Å². The molecule has 0 bridgehead atoms. The molecule has 1 atom stereocenters. The summed E-state index contributed by atoms with van der Waals surface area (Å²) in [6, 6.07) is 0. The summed E-state index contributed by atoms with van der Waals surface area (Å²) in [7, 11) is -0.965. The lowest BCUT2D eigenvalue weighted by Gasteiger charge is -1.83. The predicted molar refractivity (Wildman–Crippen MR) is 25.1 cm³/mol. The molecule has 3 heteroatoms. The van der Waals surface area contributed by atoms with Crippen LogP contribution in [0.4, 0.5) is 0 Å². The molecular formula is C3H7NOP. The van der Waals surface area contributed by atoms with Crippen LogP contribution in [0.25, 0.3) is 0 Å². The molecule has 1 unspecified atom stereocenters. The Kier molecular flexibility index (Phi) is 0.904. The molecule has 1 heterocycles. The van der Waals surface area contributed by atoms with Crippen LogP contribution in [0.1, 0.15) is 0 Å². The van der Waals surface area contributed by atoms with E-state index in [4.69, 9.17) is 0 Å². The maximum atomic E-state index is 10.3. The van der Waals surface area contributed by atoms with Gasteiger partial charge in [0.2, 0.25) is 0 Å². The average Bonchev–Trinajstić information content (AvgIpc) is 2.06. The first-order valence-electron chi connectivity index (χ1n) is 1.96. The van der Waals surface area contributed by atoms with Crippen molar-refractivity contribution in [2.24, 2.45) is 0 Å². The van der Waals surface area contributed by atoms with Crippen LogP contribution in [-0.4, -0.2) is 24.4 Å². The normalized spacial score (nSPS) is 23.8. The Morgan fingerprint density at radius 3 is 2.17 bits per heavy atom. The van der Waals surface area contributed by atoms with Crippen LogP contribution in [0.2, 0.25) is 0 Å². The number of rotatable bonds is 1. The molecule has 1 aliphatic rings. The predicted octanol–water partition coefficient (Wildman–Crippen LogP) is 0.674. The summed E-state index contributed by atoms with van der Waals surface area (Å²) in [5.74, 6) is 0. The molecule has 1 fully saturated rings. The van der Waals surface area contributed by atoms with Crippen LogP contribution in [-0.2, 0) is 4.57 Å². The molecule has 0 aromatic rings. The van der Waals surface area contributed by atoms with E-state index in [0.717, 1.165) is 13.1 Å². The van der Waals surface area contributed by atoms with Crippen molar-refractivity contribution in [3.63, 3.8) is 0 Å². The lowest BCUT2D eigenvalue weighted by atomic mass is 11.0. The van der Waals surface area contributed by atoms with Crippen molar-refractivity contribution in [3.05, 3.63) is 0 Å². The van der Waals surface area contributed by atoms with E-state index in [0.29, 0.717) is 0 Å². The first-order chi connectivity index (χ1) is 2.80. The van der Waals surface area contributed by atoms with Gasteiger partial charge in [-0.05, 0) is 0 Å². The summed E-state index contributed by atoms with van der Waals surface area (Å²) in [5, 5.41) is 0. The molecule has 0 aromatic carbocycles. The Hall–Kier alpha value is 0.0600. The molecule has 0 spiro atoms. The van der Waals surface area contributed by atoms with Crippen LogP contribution >= 0.6 is 7.95 Å². The Morgan fingerprint density at radius 2 is 2.17 bits per heavy atom. The van der Waals surface area contributed by atoms with E-state index in [1.165, 1.54) is 0 Å². The zero-order valence-corrected chi connectivity index (χ0v) is 4.61. The summed E-state index contributed by atoms with van der Waals surface area (Å²) in [6.45, 7) is 3.83. The van der Waals surface area contributed by atoms with Crippen molar-refractivity contribution in [1.82, 2.24) is 4.67 Å². The average molecular weight is 104 g/mol. The number of hydrogen-bond donors (Lipinski definition) is 0. The van der Waals surface area contributed by atoms with Gasteiger partial charge in [-0.25, -0.2) is 4.67 Å². The SMILES string of the molecule is C[P](=O)N1CC1. The minimum Gasteiger partial charge on any atom is -0.270 e. The van der Waals surface area contributed by atoms with Gasteiger partial charge in [0.1, 0.15) is 7.95 Å². The summed E-state index contributed by atoms with van der Waals surface area (Å²) >= 11 is 0. The zero-order valence-electron chi connectivity index (χ0n) is 3.72. The first kappa shape index (κ1) is 4.23. The van der Waals surface area contributed by atoms with E-state index in [1.54, 1.807) is 6.66 Å². The van der Waals surface area contributed by atoms with Gasteiger partial charge < -0.3 is 0 Å². The third-order valence-electron chi connectivity index (χ3n) is 0.822. The van der Waals surface area contributed by atoms with Crippen LogP contribution in [0.3, 0.4) is 0 Å². The maximum absolute atomic E-state index is 10.3. The van der Waals surface area contributed by atoms with Crippen LogP contribution in [0.15, 0.2) is 0 Å². The molecule has 0 aromatic heterocycles. The maximum Gasteiger partial charge on any atom is 0.145 e. The molecule has 1 radical (unpaired) electrons. The van der Waals surface area contributed by atoms with Gasteiger partial charge in [-0.1, -0.05) is 0 Å². The number of hydrogen-bond acceptors (Lipinski definition) is 1. The van der Waals surface area contributed by atoms with Crippen molar-refractivity contribution in [2.45, 2.75) is 0 Å². The van der Waals surface area contributed by atoms with E-state index in [1.807, 2.05) is 4.67 Å². The Morgan fingerprint density at radius 1 is 1.67 bits per heavy atom.